The second kappa shape index (κ2) is 6.70. The largest absolute Gasteiger partial charge is 0.490 e. The van der Waals surface area contributed by atoms with Crippen LogP contribution in [0.5, 0.6) is 5.75 Å². The predicted molar refractivity (Wildman–Crippen MR) is 108 cm³/mol. The van der Waals surface area contributed by atoms with Crippen molar-refractivity contribution in [1.29, 1.82) is 0 Å². The molecule has 2 aromatic carbocycles. The van der Waals surface area contributed by atoms with Gasteiger partial charge in [0.05, 0.1) is 16.8 Å². The van der Waals surface area contributed by atoms with Crippen LogP contribution in [-0.4, -0.2) is 17.1 Å². The summed E-state index contributed by atoms with van der Waals surface area (Å²) in [6, 6.07) is 11.5. The normalized spacial score (nSPS) is 12.2. The summed E-state index contributed by atoms with van der Waals surface area (Å²) in [4.78, 5) is 17.7. The summed E-state index contributed by atoms with van der Waals surface area (Å²) in [5, 5.41) is 0.826. The van der Waals surface area contributed by atoms with Crippen LogP contribution in [0.3, 0.4) is 0 Å². The van der Waals surface area contributed by atoms with Crippen molar-refractivity contribution >= 4 is 38.4 Å². The van der Waals surface area contributed by atoms with Crippen molar-refractivity contribution in [1.82, 2.24) is 4.57 Å². The molecule has 4 aromatic rings. The lowest BCUT2D eigenvalue weighted by molar-refractivity contribution is 0.0973. The van der Waals surface area contributed by atoms with Crippen LogP contribution in [0.25, 0.3) is 21.2 Å². The number of ether oxygens (including phenoxy) is 1. The molecule has 0 radical (unpaired) electrons. The Balaban J connectivity index is 1.82. The summed E-state index contributed by atoms with van der Waals surface area (Å²) < 4.78 is 14.5. The summed E-state index contributed by atoms with van der Waals surface area (Å²) in [5.41, 5.74) is 4.02. The standard InChI is InChI=1S/C21H20N2O3S/c1-5-25-15-8-6-7-14-11-16(26-18(14)15)20(24)22-21-23(4)17-12(2)9-10-13(3)19(17)27-21/h6-11H,5H2,1-4H3. The van der Waals surface area contributed by atoms with Gasteiger partial charge in [0, 0.05) is 12.4 Å². The lowest BCUT2D eigenvalue weighted by Gasteiger charge is -2.02. The van der Waals surface area contributed by atoms with Crippen molar-refractivity contribution < 1.29 is 13.9 Å². The maximum absolute atomic E-state index is 12.7. The van der Waals surface area contributed by atoms with Crippen LogP contribution in [0.1, 0.15) is 28.6 Å². The molecule has 0 unspecified atom stereocenters. The number of aryl methyl sites for hydroxylation is 3. The first-order chi connectivity index (χ1) is 13.0. The van der Waals surface area contributed by atoms with Crippen LogP contribution in [-0.2, 0) is 7.05 Å². The molecule has 0 fully saturated rings. The molecule has 2 aromatic heterocycles. The zero-order valence-electron chi connectivity index (χ0n) is 15.7. The number of hydrogen-bond acceptors (Lipinski definition) is 4. The van der Waals surface area contributed by atoms with E-state index in [1.54, 1.807) is 6.07 Å². The van der Waals surface area contributed by atoms with Gasteiger partial charge in [-0.15, -0.1) is 0 Å². The SMILES string of the molecule is CCOc1cccc2cc(C(=O)N=c3sc4c(C)ccc(C)c4n3C)oc12. The maximum Gasteiger partial charge on any atom is 0.315 e. The van der Waals surface area contributed by atoms with E-state index in [1.165, 1.54) is 16.9 Å². The van der Waals surface area contributed by atoms with Crippen LogP contribution in [0, 0.1) is 13.8 Å². The minimum atomic E-state index is -0.397. The number of furan rings is 1. The van der Waals surface area contributed by atoms with E-state index in [2.05, 4.69) is 31.0 Å². The molecular weight excluding hydrogens is 360 g/mol. The molecule has 0 spiro atoms. The van der Waals surface area contributed by atoms with Gasteiger partial charge in [-0.25, -0.2) is 0 Å². The minimum absolute atomic E-state index is 0.211. The van der Waals surface area contributed by atoms with Gasteiger partial charge in [-0.1, -0.05) is 35.6 Å². The lowest BCUT2D eigenvalue weighted by Crippen LogP contribution is -2.13. The zero-order chi connectivity index (χ0) is 19.1. The zero-order valence-corrected chi connectivity index (χ0v) is 16.5. The van der Waals surface area contributed by atoms with Gasteiger partial charge >= 0.3 is 5.91 Å². The smallest absolute Gasteiger partial charge is 0.315 e. The number of amides is 1. The summed E-state index contributed by atoms with van der Waals surface area (Å²) in [6.45, 7) is 6.57. The van der Waals surface area contributed by atoms with Gasteiger partial charge in [-0.05, 0) is 44.0 Å². The number of hydrogen-bond donors (Lipinski definition) is 0. The summed E-state index contributed by atoms with van der Waals surface area (Å²) in [5.74, 6) is 0.446. The van der Waals surface area contributed by atoms with Gasteiger partial charge in [0.25, 0.3) is 0 Å². The summed E-state index contributed by atoms with van der Waals surface area (Å²) >= 11 is 1.51. The Hall–Kier alpha value is -2.86. The highest BCUT2D eigenvalue weighted by Gasteiger charge is 2.16. The van der Waals surface area contributed by atoms with Crippen molar-refractivity contribution in [3.63, 3.8) is 0 Å². The Morgan fingerprint density at radius 3 is 2.74 bits per heavy atom. The average molecular weight is 380 g/mol. The second-order valence-corrected chi connectivity index (χ2v) is 7.43. The molecule has 0 aliphatic heterocycles. The molecule has 138 valence electrons. The molecule has 0 aliphatic rings. The van der Waals surface area contributed by atoms with E-state index in [9.17, 15) is 4.79 Å². The Kier molecular flexibility index (Phi) is 4.36. The van der Waals surface area contributed by atoms with Gasteiger partial charge in [0.15, 0.2) is 21.9 Å². The van der Waals surface area contributed by atoms with Crippen LogP contribution >= 0.6 is 11.3 Å². The maximum atomic E-state index is 12.7. The fraction of sp³-hybridized carbons (Fsp3) is 0.238. The summed E-state index contributed by atoms with van der Waals surface area (Å²) in [7, 11) is 1.93. The van der Waals surface area contributed by atoms with E-state index >= 15 is 0 Å². The van der Waals surface area contributed by atoms with Gasteiger partial charge in [-0.3, -0.25) is 4.79 Å². The molecule has 0 bridgehead atoms. The highest BCUT2D eigenvalue weighted by molar-refractivity contribution is 7.16. The Labute approximate surface area is 160 Å². The number of carbonyl (C=O) groups is 1. The first kappa shape index (κ1) is 17.5. The highest BCUT2D eigenvalue weighted by atomic mass is 32.1. The van der Waals surface area contributed by atoms with Gasteiger partial charge < -0.3 is 13.7 Å². The fourth-order valence-corrected chi connectivity index (χ4v) is 4.39. The first-order valence-electron chi connectivity index (χ1n) is 8.79. The molecule has 0 saturated carbocycles. The third kappa shape index (κ3) is 2.96. The molecule has 0 aliphatic carbocycles. The van der Waals surface area contributed by atoms with Crippen LogP contribution in [0.15, 0.2) is 45.8 Å². The quantitative estimate of drug-likeness (QED) is 0.516. The molecule has 2 heterocycles. The van der Waals surface area contributed by atoms with Crippen molar-refractivity contribution in [2.45, 2.75) is 20.8 Å². The number of rotatable bonds is 3. The van der Waals surface area contributed by atoms with Gasteiger partial charge in [0.1, 0.15) is 0 Å². The van der Waals surface area contributed by atoms with E-state index in [4.69, 9.17) is 9.15 Å². The Morgan fingerprint density at radius 1 is 1.22 bits per heavy atom. The van der Waals surface area contributed by atoms with Crippen molar-refractivity contribution in [2.24, 2.45) is 12.0 Å². The topological polar surface area (TPSA) is 56.7 Å². The van der Waals surface area contributed by atoms with Crippen LogP contribution in [0.2, 0.25) is 0 Å². The minimum Gasteiger partial charge on any atom is -0.490 e. The third-order valence-electron chi connectivity index (χ3n) is 4.56. The lowest BCUT2D eigenvalue weighted by atomic mass is 10.1. The average Bonchev–Trinajstić information content (AvgIpc) is 3.22. The number of para-hydroxylation sites is 1. The number of carbonyl (C=O) groups excluding carboxylic acids is 1. The molecule has 0 saturated heterocycles. The number of thiazole rings is 1. The van der Waals surface area contributed by atoms with E-state index in [1.807, 2.05) is 36.7 Å². The molecule has 0 N–H and O–H groups in total. The first-order valence-corrected chi connectivity index (χ1v) is 9.61. The number of nitrogens with zero attached hydrogens (tertiary/aromatic N) is 2. The number of aromatic nitrogens is 1. The molecule has 4 rings (SSSR count). The van der Waals surface area contributed by atoms with Crippen molar-refractivity contribution in [2.75, 3.05) is 6.61 Å². The van der Waals surface area contributed by atoms with E-state index in [0.29, 0.717) is 22.7 Å². The van der Waals surface area contributed by atoms with E-state index in [-0.39, 0.29) is 5.76 Å². The third-order valence-corrected chi connectivity index (χ3v) is 5.83. The molecule has 5 nitrogen and oxygen atoms in total. The van der Waals surface area contributed by atoms with Crippen molar-refractivity contribution in [3.8, 4) is 5.75 Å². The van der Waals surface area contributed by atoms with E-state index in [0.717, 1.165) is 21.2 Å². The molecule has 27 heavy (non-hydrogen) atoms. The Bertz CT molecular complexity index is 1240. The molecular formula is C21H20N2O3S. The predicted octanol–water partition coefficient (Wildman–Crippen LogP) is 4.74. The Morgan fingerprint density at radius 2 is 2.00 bits per heavy atom. The van der Waals surface area contributed by atoms with Crippen molar-refractivity contribution in [3.05, 3.63) is 58.1 Å². The van der Waals surface area contributed by atoms with Gasteiger partial charge in [0.2, 0.25) is 0 Å². The van der Waals surface area contributed by atoms with E-state index < -0.39 is 5.91 Å². The van der Waals surface area contributed by atoms with Crippen LogP contribution < -0.4 is 9.54 Å². The fourth-order valence-electron chi connectivity index (χ4n) is 3.22. The summed E-state index contributed by atoms with van der Waals surface area (Å²) in [6.07, 6.45) is 0. The van der Waals surface area contributed by atoms with Gasteiger partial charge in [-0.2, -0.15) is 4.99 Å². The van der Waals surface area contributed by atoms with Crippen LogP contribution in [0.4, 0.5) is 0 Å². The monoisotopic (exact) mass is 380 g/mol. The number of fused-ring (bicyclic) bond motifs is 2. The molecule has 1 amide bonds. The molecule has 0 atom stereocenters. The molecule has 6 heteroatoms. The second-order valence-electron chi connectivity index (χ2n) is 6.46. The highest BCUT2D eigenvalue weighted by Crippen LogP contribution is 2.29. The number of benzene rings is 2.